The molecule has 2 aromatic rings. The van der Waals surface area contributed by atoms with E-state index in [2.05, 4.69) is 18.4 Å². The number of aromatic nitrogens is 1. The number of piperidine rings is 1. The monoisotopic (exact) mass is 450 g/mol. The molecule has 0 spiro atoms. The standard InChI is InChI=1S/C27H34N2O4/c1-6-16-33-27(5)12-14-29(15-13-27)26-23(17-24(31)32-7-2)19(3)28-20(4)25(26)22-10-8-21(18-30)9-11-22/h6,8-11,18H,1,7,12-17H2,2-5H3. The second-order valence-electron chi connectivity index (χ2n) is 8.74. The molecule has 1 aliphatic rings. The smallest absolute Gasteiger partial charge is 0.310 e. The van der Waals surface area contributed by atoms with E-state index in [-0.39, 0.29) is 18.0 Å². The highest BCUT2D eigenvalue weighted by Crippen LogP contribution is 2.40. The number of aryl methyl sites for hydroxylation is 2. The average Bonchev–Trinajstić information content (AvgIpc) is 2.80. The van der Waals surface area contributed by atoms with Crippen LogP contribution in [0.1, 0.15) is 54.0 Å². The van der Waals surface area contributed by atoms with Crippen LogP contribution in [0.4, 0.5) is 5.69 Å². The summed E-state index contributed by atoms with van der Waals surface area (Å²) in [5.41, 5.74) is 6.04. The summed E-state index contributed by atoms with van der Waals surface area (Å²) in [6.07, 6.45) is 4.52. The minimum atomic E-state index is -0.258. The van der Waals surface area contributed by atoms with Crippen molar-refractivity contribution in [2.45, 2.75) is 52.6 Å². The van der Waals surface area contributed by atoms with Gasteiger partial charge < -0.3 is 14.4 Å². The van der Waals surface area contributed by atoms with Crippen molar-refractivity contribution in [3.8, 4) is 11.1 Å². The largest absolute Gasteiger partial charge is 0.466 e. The zero-order valence-corrected chi connectivity index (χ0v) is 20.1. The topological polar surface area (TPSA) is 68.7 Å². The molecule has 1 aliphatic heterocycles. The molecule has 0 saturated carbocycles. The number of rotatable bonds is 9. The van der Waals surface area contributed by atoms with Crippen LogP contribution < -0.4 is 4.90 Å². The molecule has 0 radical (unpaired) electrons. The second-order valence-corrected chi connectivity index (χ2v) is 8.74. The van der Waals surface area contributed by atoms with E-state index >= 15 is 0 Å². The zero-order chi connectivity index (χ0) is 24.0. The van der Waals surface area contributed by atoms with Crippen LogP contribution in [0.2, 0.25) is 0 Å². The van der Waals surface area contributed by atoms with Crippen LogP contribution in [0.15, 0.2) is 36.9 Å². The SMILES string of the molecule is C=CCOC1(C)CCN(c2c(CC(=O)OCC)c(C)nc(C)c2-c2ccc(C=O)cc2)CC1. The highest BCUT2D eigenvalue weighted by Gasteiger charge is 2.33. The first-order chi connectivity index (χ1) is 15.8. The van der Waals surface area contributed by atoms with Crippen LogP contribution in [0.3, 0.4) is 0 Å². The van der Waals surface area contributed by atoms with Gasteiger partial charge >= 0.3 is 5.97 Å². The van der Waals surface area contributed by atoms with Crippen LogP contribution >= 0.6 is 0 Å². The van der Waals surface area contributed by atoms with Gasteiger partial charge in [-0.1, -0.05) is 30.3 Å². The molecule has 0 bridgehead atoms. The van der Waals surface area contributed by atoms with Crippen molar-refractivity contribution in [3.63, 3.8) is 0 Å². The quantitative estimate of drug-likeness (QED) is 0.309. The predicted octanol–water partition coefficient (Wildman–Crippen LogP) is 4.85. The fourth-order valence-corrected chi connectivity index (χ4v) is 4.47. The normalized spacial score (nSPS) is 15.2. The lowest BCUT2D eigenvalue weighted by Crippen LogP contribution is -2.45. The number of hydrogen-bond acceptors (Lipinski definition) is 6. The third-order valence-corrected chi connectivity index (χ3v) is 6.31. The van der Waals surface area contributed by atoms with E-state index in [9.17, 15) is 9.59 Å². The number of benzene rings is 1. The summed E-state index contributed by atoms with van der Waals surface area (Å²) in [5, 5.41) is 0. The molecule has 0 amide bonds. The Bertz CT molecular complexity index is 1010. The Morgan fingerprint density at radius 1 is 1.18 bits per heavy atom. The molecule has 0 N–H and O–H groups in total. The van der Waals surface area contributed by atoms with E-state index in [0.29, 0.717) is 18.8 Å². The predicted molar refractivity (Wildman–Crippen MR) is 131 cm³/mol. The van der Waals surface area contributed by atoms with Gasteiger partial charge in [-0.3, -0.25) is 14.6 Å². The minimum Gasteiger partial charge on any atom is -0.466 e. The molecule has 3 rings (SSSR count). The molecule has 2 heterocycles. The van der Waals surface area contributed by atoms with Gasteiger partial charge in [0, 0.05) is 41.2 Å². The van der Waals surface area contributed by atoms with Crippen molar-refractivity contribution >= 4 is 17.9 Å². The van der Waals surface area contributed by atoms with E-state index < -0.39 is 0 Å². The average molecular weight is 451 g/mol. The number of carbonyl (C=O) groups is 2. The third-order valence-electron chi connectivity index (χ3n) is 6.31. The summed E-state index contributed by atoms with van der Waals surface area (Å²) in [4.78, 5) is 30.8. The number of aldehydes is 1. The number of anilines is 1. The number of nitrogens with zero attached hydrogens (tertiary/aromatic N) is 2. The summed E-state index contributed by atoms with van der Waals surface area (Å²) in [6, 6.07) is 7.52. The van der Waals surface area contributed by atoms with Crippen molar-refractivity contribution in [2.75, 3.05) is 31.2 Å². The second kappa shape index (κ2) is 10.8. The Balaban J connectivity index is 2.08. The highest BCUT2D eigenvalue weighted by molar-refractivity contribution is 5.87. The van der Waals surface area contributed by atoms with Gasteiger partial charge in [0.05, 0.1) is 30.9 Å². The maximum atomic E-state index is 12.5. The van der Waals surface area contributed by atoms with E-state index in [1.807, 2.05) is 45.0 Å². The van der Waals surface area contributed by atoms with Crippen LogP contribution in [-0.4, -0.2) is 49.1 Å². The van der Waals surface area contributed by atoms with Crippen molar-refractivity contribution in [2.24, 2.45) is 0 Å². The molecular weight excluding hydrogens is 416 g/mol. The molecule has 1 fully saturated rings. The fourth-order valence-electron chi connectivity index (χ4n) is 4.47. The fraction of sp³-hybridized carbons (Fsp3) is 0.444. The maximum absolute atomic E-state index is 12.5. The van der Waals surface area contributed by atoms with Gasteiger partial charge in [0.25, 0.3) is 0 Å². The lowest BCUT2D eigenvalue weighted by Gasteiger charge is -2.41. The van der Waals surface area contributed by atoms with E-state index in [4.69, 9.17) is 14.5 Å². The Labute approximate surface area is 196 Å². The molecule has 0 atom stereocenters. The van der Waals surface area contributed by atoms with Gasteiger partial charge in [-0.15, -0.1) is 6.58 Å². The number of hydrogen-bond donors (Lipinski definition) is 0. The van der Waals surface area contributed by atoms with Crippen LogP contribution in [0, 0.1) is 13.8 Å². The Morgan fingerprint density at radius 2 is 1.85 bits per heavy atom. The molecule has 6 heteroatoms. The minimum absolute atomic E-state index is 0.169. The van der Waals surface area contributed by atoms with Gasteiger partial charge in [-0.2, -0.15) is 0 Å². The summed E-state index contributed by atoms with van der Waals surface area (Å²) in [5.74, 6) is -0.258. The summed E-state index contributed by atoms with van der Waals surface area (Å²) in [6.45, 7) is 14.1. The highest BCUT2D eigenvalue weighted by atomic mass is 16.5. The molecule has 1 aromatic heterocycles. The molecule has 1 saturated heterocycles. The Hall–Kier alpha value is -2.99. The van der Waals surface area contributed by atoms with E-state index in [0.717, 1.165) is 66.0 Å². The lowest BCUT2D eigenvalue weighted by molar-refractivity contribution is -0.142. The summed E-state index contributed by atoms with van der Waals surface area (Å²) < 4.78 is 11.3. The van der Waals surface area contributed by atoms with Gasteiger partial charge in [0.2, 0.25) is 0 Å². The molecular formula is C27H34N2O4. The molecule has 176 valence electrons. The van der Waals surface area contributed by atoms with Crippen molar-refractivity contribution in [1.29, 1.82) is 0 Å². The number of ether oxygens (including phenoxy) is 2. The van der Waals surface area contributed by atoms with Gasteiger partial charge in [0.1, 0.15) is 6.29 Å². The summed E-state index contributed by atoms with van der Waals surface area (Å²) in [7, 11) is 0. The molecule has 33 heavy (non-hydrogen) atoms. The van der Waals surface area contributed by atoms with Crippen LogP contribution in [0.25, 0.3) is 11.1 Å². The first kappa shape index (κ1) is 24.6. The third kappa shape index (κ3) is 5.69. The zero-order valence-electron chi connectivity index (χ0n) is 20.1. The van der Waals surface area contributed by atoms with Crippen molar-refractivity contribution < 1.29 is 19.1 Å². The first-order valence-electron chi connectivity index (χ1n) is 11.5. The van der Waals surface area contributed by atoms with Gasteiger partial charge in [0.15, 0.2) is 0 Å². The Morgan fingerprint density at radius 3 is 2.42 bits per heavy atom. The van der Waals surface area contributed by atoms with Crippen molar-refractivity contribution in [3.05, 3.63) is 59.4 Å². The number of carbonyl (C=O) groups excluding carboxylic acids is 2. The number of esters is 1. The van der Waals surface area contributed by atoms with Crippen molar-refractivity contribution in [1.82, 2.24) is 4.98 Å². The van der Waals surface area contributed by atoms with Crippen LogP contribution in [0.5, 0.6) is 0 Å². The van der Waals surface area contributed by atoms with Crippen LogP contribution in [-0.2, 0) is 20.7 Å². The molecule has 1 aromatic carbocycles. The lowest BCUT2D eigenvalue weighted by atomic mass is 9.89. The molecule has 0 unspecified atom stereocenters. The van der Waals surface area contributed by atoms with E-state index in [1.54, 1.807) is 6.08 Å². The molecule has 0 aliphatic carbocycles. The van der Waals surface area contributed by atoms with Gasteiger partial charge in [-0.05, 0) is 46.1 Å². The Kier molecular flexibility index (Phi) is 8.03. The summed E-state index contributed by atoms with van der Waals surface area (Å²) >= 11 is 0. The molecule has 6 nitrogen and oxygen atoms in total. The maximum Gasteiger partial charge on any atom is 0.310 e. The van der Waals surface area contributed by atoms with Gasteiger partial charge in [-0.25, -0.2) is 0 Å². The first-order valence-corrected chi connectivity index (χ1v) is 11.5. The van der Waals surface area contributed by atoms with E-state index in [1.165, 1.54) is 0 Å². The number of pyridine rings is 1.